The number of benzene rings is 2. The van der Waals surface area contributed by atoms with E-state index in [1.54, 1.807) is 21.3 Å². The van der Waals surface area contributed by atoms with E-state index in [1.165, 1.54) is 0 Å². The van der Waals surface area contributed by atoms with Gasteiger partial charge in [0, 0.05) is 32.2 Å². The standard InChI is InChI=1S/C25H38N4O3.HI/c1-6-29(7-2)16-17-32-22-11-9-8-10-21(22)19-28-25(26-3)27-15-14-20-12-13-23(30-4)24(18-20)31-5;/h8-13,18H,6-7,14-17,19H2,1-5H3,(H2,26,27,28);1H. The molecule has 2 N–H and O–H groups in total. The summed E-state index contributed by atoms with van der Waals surface area (Å²) in [6.45, 7) is 9.40. The number of likely N-dealkylation sites (N-methyl/N-ethyl adjacent to an activating group) is 1. The van der Waals surface area contributed by atoms with Gasteiger partial charge in [0.05, 0.1) is 14.2 Å². The zero-order chi connectivity index (χ0) is 23.2. The van der Waals surface area contributed by atoms with E-state index in [-0.39, 0.29) is 24.0 Å². The van der Waals surface area contributed by atoms with Crippen molar-refractivity contribution in [3.63, 3.8) is 0 Å². The van der Waals surface area contributed by atoms with Crippen molar-refractivity contribution in [1.82, 2.24) is 15.5 Å². The van der Waals surface area contributed by atoms with Crippen molar-refractivity contribution in [2.75, 3.05) is 54.1 Å². The molecule has 0 bridgehead atoms. The molecule has 0 aliphatic heterocycles. The molecule has 0 aliphatic carbocycles. The van der Waals surface area contributed by atoms with Gasteiger partial charge in [-0.15, -0.1) is 24.0 Å². The highest BCUT2D eigenvalue weighted by Gasteiger charge is 2.07. The Labute approximate surface area is 215 Å². The molecule has 2 rings (SSSR count). The molecule has 0 fully saturated rings. The Hall–Kier alpha value is -2.20. The van der Waals surface area contributed by atoms with Crippen molar-refractivity contribution in [1.29, 1.82) is 0 Å². The van der Waals surface area contributed by atoms with E-state index in [0.29, 0.717) is 13.2 Å². The number of aliphatic imine (C=N–C) groups is 1. The summed E-state index contributed by atoms with van der Waals surface area (Å²) in [5, 5.41) is 6.74. The van der Waals surface area contributed by atoms with Crippen molar-refractivity contribution < 1.29 is 14.2 Å². The van der Waals surface area contributed by atoms with Crippen LogP contribution < -0.4 is 24.8 Å². The van der Waals surface area contributed by atoms with E-state index >= 15 is 0 Å². The predicted molar refractivity (Wildman–Crippen MR) is 147 cm³/mol. The average molecular weight is 571 g/mol. The van der Waals surface area contributed by atoms with Crippen LogP contribution in [0.25, 0.3) is 0 Å². The van der Waals surface area contributed by atoms with Crippen LogP contribution in [0.1, 0.15) is 25.0 Å². The first-order valence-corrected chi connectivity index (χ1v) is 11.2. The maximum absolute atomic E-state index is 6.05. The van der Waals surface area contributed by atoms with Crippen molar-refractivity contribution in [2.24, 2.45) is 4.99 Å². The van der Waals surface area contributed by atoms with Crippen LogP contribution >= 0.6 is 24.0 Å². The van der Waals surface area contributed by atoms with Crippen molar-refractivity contribution in [3.8, 4) is 17.2 Å². The predicted octanol–water partition coefficient (Wildman–Crippen LogP) is 3.95. The van der Waals surface area contributed by atoms with E-state index in [9.17, 15) is 0 Å². The Morgan fingerprint density at radius 1 is 0.939 bits per heavy atom. The minimum atomic E-state index is 0. The van der Waals surface area contributed by atoms with Gasteiger partial charge in [-0.25, -0.2) is 0 Å². The molecule has 184 valence electrons. The van der Waals surface area contributed by atoms with Gasteiger partial charge in [-0.05, 0) is 43.3 Å². The second-order valence-corrected chi connectivity index (χ2v) is 7.27. The Kier molecular flexibility index (Phi) is 14.3. The van der Waals surface area contributed by atoms with E-state index in [1.807, 2.05) is 36.4 Å². The summed E-state index contributed by atoms with van der Waals surface area (Å²) < 4.78 is 16.7. The number of halogens is 1. The lowest BCUT2D eigenvalue weighted by molar-refractivity contribution is 0.221. The molecule has 7 nitrogen and oxygen atoms in total. The molecule has 8 heteroatoms. The molecule has 0 heterocycles. The Morgan fingerprint density at radius 2 is 1.67 bits per heavy atom. The summed E-state index contributed by atoms with van der Waals surface area (Å²) in [6.07, 6.45) is 0.839. The number of ether oxygens (including phenoxy) is 3. The van der Waals surface area contributed by atoms with E-state index < -0.39 is 0 Å². The van der Waals surface area contributed by atoms with Crippen LogP contribution in [0, 0.1) is 0 Å². The smallest absolute Gasteiger partial charge is 0.191 e. The van der Waals surface area contributed by atoms with Gasteiger partial charge in [-0.2, -0.15) is 0 Å². The van der Waals surface area contributed by atoms with Gasteiger partial charge in [-0.3, -0.25) is 4.99 Å². The molecule has 0 amide bonds. The van der Waals surface area contributed by atoms with Gasteiger partial charge in [0.2, 0.25) is 0 Å². The molecule has 0 unspecified atom stereocenters. The minimum Gasteiger partial charge on any atom is -0.493 e. The van der Waals surface area contributed by atoms with Crippen LogP contribution in [0.2, 0.25) is 0 Å². The number of rotatable bonds is 13. The highest BCUT2D eigenvalue weighted by molar-refractivity contribution is 14.0. The molecule has 2 aromatic rings. The Bertz CT molecular complexity index is 844. The van der Waals surface area contributed by atoms with Gasteiger partial charge >= 0.3 is 0 Å². The van der Waals surface area contributed by atoms with Crippen LogP contribution in [0.15, 0.2) is 47.5 Å². The molecule has 0 radical (unpaired) electrons. The van der Waals surface area contributed by atoms with Gasteiger partial charge < -0.3 is 29.7 Å². The number of nitrogens with zero attached hydrogens (tertiary/aromatic N) is 2. The molecule has 2 aromatic carbocycles. The van der Waals surface area contributed by atoms with E-state index in [0.717, 1.165) is 66.9 Å². The number of para-hydroxylation sites is 1. The minimum absolute atomic E-state index is 0. The lowest BCUT2D eigenvalue weighted by atomic mass is 10.1. The molecule has 33 heavy (non-hydrogen) atoms. The third-order valence-corrected chi connectivity index (χ3v) is 5.36. The third-order valence-electron chi connectivity index (χ3n) is 5.36. The maximum atomic E-state index is 6.05. The fourth-order valence-corrected chi connectivity index (χ4v) is 3.38. The number of methoxy groups -OCH3 is 2. The molecule has 0 aromatic heterocycles. The summed E-state index contributed by atoms with van der Waals surface area (Å²) in [6, 6.07) is 14.1. The molecule has 0 saturated carbocycles. The number of hydrogen-bond donors (Lipinski definition) is 2. The number of nitrogens with one attached hydrogen (secondary N) is 2. The first-order valence-electron chi connectivity index (χ1n) is 11.2. The summed E-state index contributed by atoms with van der Waals surface area (Å²) in [7, 11) is 5.07. The first-order chi connectivity index (χ1) is 15.6. The normalized spacial score (nSPS) is 11.0. The van der Waals surface area contributed by atoms with Gasteiger partial charge in [0.1, 0.15) is 12.4 Å². The molecule has 0 spiro atoms. The van der Waals surface area contributed by atoms with Crippen LogP contribution in [-0.4, -0.2) is 64.9 Å². The van der Waals surface area contributed by atoms with Crippen molar-refractivity contribution >= 4 is 29.9 Å². The van der Waals surface area contributed by atoms with Gasteiger partial charge in [0.25, 0.3) is 0 Å². The van der Waals surface area contributed by atoms with E-state index in [2.05, 4.69) is 40.4 Å². The zero-order valence-electron chi connectivity index (χ0n) is 20.5. The SMILES string of the molecule is CCN(CC)CCOc1ccccc1CNC(=NC)NCCc1ccc(OC)c(OC)c1.I. The summed E-state index contributed by atoms with van der Waals surface area (Å²) in [4.78, 5) is 6.69. The molecular formula is C25H39IN4O3. The molecule has 0 atom stereocenters. The summed E-state index contributed by atoms with van der Waals surface area (Å²) >= 11 is 0. The highest BCUT2D eigenvalue weighted by Crippen LogP contribution is 2.27. The fourth-order valence-electron chi connectivity index (χ4n) is 3.38. The molecule has 0 saturated heterocycles. The monoisotopic (exact) mass is 570 g/mol. The topological polar surface area (TPSA) is 67.4 Å². The molecular weight excluding hydrogens is 531 g/mol. The van der Waals surface area contributed by atoms with E-state index in [4.69, 9.17) is 14.2 Å². The second kappa shape index (κ2) is 16.4. The van der Waals surface area contributed by atoms with Crippen molar-refractivity contribution in [2.45, 2.75) is 26.8 Å². The fraction of sp³-hybridized carbons (Fsp3) is 0.480. The van der Waals surface area contributed by atoms with Crippen LogP contribution in [0.4, 0.5) is 0 Å². The first kappa shape index (κ1) is 28.8. The summed E-state index contributed by atoms with van der Waals surface area (Å²) in [5.74, 6) is 3.14. The Morgan fingerprint density at radius 3 is 2.33 bits per heavy atom. The number of hydrogen-bond acceptors (Lipinski definition) is 5. The van der Waals surface area contributed by atoms with Gasteiger partial charge in [0.15, 0.2) is 17.5 Å². The molecule has 0 aliphatic rings. The van der Waals surface area contributed by atoms with Gasteiger partial charge in [-0.1, -0.05) is 38.1 Å². The third kappa shape index (κ3) is 9.67. The summed E-state index contributed by atoms with van der Waals surface area (Å²) in [5.41, 5.74) is 2.27. The number of guanidine groups is 1. The maximum Gasteiger partial charge on any atom is 0.191 e. The van der Waals surface area contributed by atoms with Crippen molar-refractivity contribution in [3.05, 3.63) is 53.6 Å². The van der Waals surface area contributed by atoms with Crippen LogP contribution in [-0.2, 0) is 13.0 Å². The highest BCUT2D eigenvalue weighted by atomic mass is 127. The zero-order valence-corrected chi connectivity index (χ0v) is 22.8. The van der Waals surface area contributed by atoms with Crippen LogP contribution in [0.5, 0.6) is 17.2 Å². The second-order valence-electron chi connectivity index (χ2n) is 7.27. The lowest BCUT2D eigenvalue weighted by Gasteiger charge is -2.19. The van der Waals surface area contributed by atoms with Crippen LogP contribution in [0.3, 0.4) is 0 Å². The average Bonchev–Trinajstić information content (AvgIpc) is 2.84. The largest absolute Gasteiger partial charge is 0.493 e. The quantitative estimate of drug-likeness (QED) is 0.216. The Balaban J connectivity index is 0.00000544. The lowest BCUT2D eigenvalue weighted by Crippen LogP contribution is -2.38.